The summed E-state index contributed by atoms with van der Waals surface area (Å²) in [4.78, 5) is 14.2. The van der Waals surface area contributed by atoms with Gasteiger partial charge in [-0.3, -0.25) is 4.79 Å². The summed E-state index contributed by atoms with van der Waals surface area (Å²) in [6.45, 7) is 1.88. The van der Waals surface area contributed by atoms with Crippen LogP contribution >= 0.6 is 35.4 Å². The van der Waals surface area contributed by atoms with Crippen LogP contribution in [0.25, 0.3) is 0 Å². The van der Waals surface area contributed by atoms with Crippen LogP contribution in [0.1, 0.15) is 23.7 Å². The Balaban J connectivity index is 2.89. The maximum absolute atomic E-state index is 12.2. The quantitative estimate of drug-likeness (QED) is 0.869. The van der Waals surface area contributed by atoms with Gasteiger partial charge in [-0.1, -0.05) is 35.4 Å². The minimum atomic E-state index is -0.180. The predicted octanol–water partition coefficient (Wildman–Crippen LogP) is 3.13. The average Bonchev–Trinajstić information content (AvgIpc) is 2.26. The first-order valence-corrected chi connectivity index (χ1v) is 6.50. The average molecular weight is 305 g/mol. The van der Waals surface area contributed by atoms with E-state index in [9.17, 15) is 4.79 Å². The van der Waals surface area contributed by atoms with Crippen LogP contribution in [-0.4, -0.2) is 28.9 Å². The highest BCUT2D eigenvalue weighted by atomic mass is 35.5. The van der Waals surface area contributed by atoms with Crippen LogP contribution in [0, 0.1) is 0 Å². The molecule has 0 aliphatic rings. The number of carbonyl (C=O) groups is 1. The second kappa shape index (κ2) is 6.36. The third kappa shape index (κ3) is 3.83. The van der Waals surface area contributed by atoms with Gasteiger partial charge in [-0.15, -0.1) is 0 Å². The monoisotopic (exact) mass is 304 g/mol. The highest BCUT2D eigenvalue weighted by Crippen LogP contribution is 2.22. The second-order valence-corrected chi connectivity index (χ2v) is 5.43. The van der Waals surface area contributed by atoms with Crippen molar-refractivity contribution >= 4 is 46.3 Å². The molecule has 0 aliphatic heterocycles. The van der Waals surface area contributed by atoms with Gasteiger partial charge >= 0.3 is 0 Å². The van der Waals surface area contributed by atoms with Gasteiger partial charge in [-0.25, -0.2) is 0 Å². The molecule has 1 atom stereocenters. The normalized spacial score (nSPS) is 12.0. The number of carbonyl (C=O) groups excluding carboxylic acids is 1. The smallest absolute Gasteiger partial charge is 0.255 e. The number of thiocarbonyl (C=S) groups is 1. The molecule has 6 heteroatoms. The summed E-state index contributed by atoms with van der Waals surface area (Å²) in [5.74, 6) is -0.180. The van der Waals surface area contributed by atoms with Gasteiger partial charge in [0, 0.05) is 24.5 Å². The van der Waals surface area contributed by atoms with E-state index in [0.717, 1.165) is 0 Å². The highest BCUT2D eigenvalue weighted by Gasteiger charge is 2.20. The molecule has 0 saturated heterocycles. The summed E-state index contributed by atoms with van der Waals surface area (Å²) in [6.07, 6.45) is 0.475. The Morgan fingerprint density at radius 1 is 1.50 bits per heavy atom. The Kier molecular flexibility index (Phi) is 5.38. The zero-order valence-corrected chi connectivity index (χ0v) is 12.4. The molecule has 0 saturated carbocycles. The summed E-state index contributed by atoms with van der Waals surface area (Å²) >= 11 is 16.6. The molecule has 0 bridgehead atoms. The standard InChI is InChI=1S/C12H14Cl2N2OS/c1-7(5-11(15)18)16(2)12(17)9-4-3-8(13)6-10(9)14/h3-4,6-7H,5H2,1-2H3,(H2,15,18). The Labute approximate surface area is 122 Å². The van der Waals surface area contributed by atoms with Crippen molar-refractivity contribution in [1.29, 1.82) is 0 Å². The molecule has 0 aromatic heterocycles. The Hall–Kier alpha value is -0.840. The van der Waals surface area contributed by atoms with E-state index in [0.29, 0.717) is 27.0 Å². The van der Waals surface area contributed by atoms with Gasteiger partial charge in [0.25, 0.3) is 5.91 Å². The van der Waals surface area contributed by atoms with Gasteiger partial charge in [0.1, 0.15) is 0 Å². The third-order valence-corrected chi connectivity index (χ3v) is 3.35. The molecule has 0 heterocycles. The van der Waals surface area contributed by atoms with Crippen molar-refractivity contribution in [2.24, 2.45) is 5.73 Å². The van der Waals surface area contributed by atoms with E-state index >= 15 is 0 Å². The molecule has 1 unspecified atom stereocenters. The van der Waals surface area contributed by atoms with E-state index in [2.05, 4.69) is 0 Å². The van der Waals surface area contributed by atoms with Crippen molar-refractivity contribution in [3.63, 3.8) is 0 Å². The molecular formula is C12H14Cl2N2OS. The molecule has 18 heavy (non-hydrogen) atoms. The molecule has 98 valence electrons. The van der Waals surface area contributed by atoms with Gasteiger partial charge in [0.05, 0.1) is 15.6 Å². The number of rotatable bonds is 4. The summed E-state index contributed by atoms with van der Waals surface area (Å²) in [7, 11) is 1.69. The van der Waals surface area contributed by atoms with Crippen molar-refractivity contribution in [3.05, 3.63) is 33.8 Å². The van der Waals surface area contributed by atoms with Crippen molar-refractivity contribution in [2.75, 3.05) is 7.05 Å². The van der Waals surface area contributed by atoms with Crippen LogP contribution < -0.4 is 5.73 Å². The lowest BCUT2D eigenvalue weighted by Crippen LogP contribution is -2.37. The van der Waals surface area contributed by atoms with Gasteiger partial charge in [-0.2, -0.15) is 0 Å². The van der Waals surface area contributed by atoms with Gasteiger partial charge in [0.2, 0.25) is 0 Å². The maximum atomic E-state index is 12.2. The largest absolute Gasteiger partial charge is 0.393 e. The Morgan fingerprint density at radius 3 is 2.61 bits per heavy atom. The highest BCUT2D eigenvalue weighted by molar-refractivity contribution is 7.80. The van der Waals surface area contributed by atoms with Crippen LogP contribution in [0.3, 0.4) is 0 Å². The molecule has 0 spiro atoms. The number of hydrogen-bond donors (Lipinski definition) is 1. The zero-order valence-electron chi connectivity index (χ0n) is 10.1. The molecule has 1 amide bonds. The number of nitrogens with two attached hydrogens (primary N) is 1. The SMILES string of the molecule is CC(CC(N)=S)N(C)C(=O)c1ccc(Cl)cc1Cl. The summed E-state index contributed by atoms with van der Waals surface area (Å²) in [5.41, 5.74) is 5.88. The minimum absolute atomic E-state index is 0.0817. The van der Waals surface area contributed by atoms with E-state index in [-0.39, 0.29) is 11.9 Å². The fourth-order valence-electron chi connectivity index (χ4n) is 1.48. The van der Waals surface area contributed by atoms with Crippen molar-refractivity contribution in [1.82, 2.24) is 4.90 Å². The zero-order chi connectivity index (χ0) is 13.9. The molecular weight excluding hydrogens is 291 g/mol. The second-order valence-electron chi connectivity index (χ2n) is 4.06. The van der Waals surface area contributed by atoms with Gasteiger partial charge in [0.15, 0.2) is 0 Å². The lowest BCUT2D eigenvalue weighted by Gasteiger charge is -2.25. The molecule has 0 radical (unpaired) electrons. The molecule has 3 nitrogen and oxygen atoms in total. The van der Waals surface area contributed by atoms with Gasteiger partial charge < -0.3 is 10.6 Å². The first-order chi connectivity index (χ1) is 8.32. The topological polar surface area (TPSA) is 46.3 Å². The van der Waals surface area contributed by atoms with Crippen LogP contribution in [0.5, 0.6) is 0 Å². The molecule has 0 aliphatic carbocycles. The van der Waals surface area contributed by atoms with Crippen molar-refractivity contribution in [2.45, 2.75) is 19.4 Å². The number of benzene rings is 1. The first-order valence-electron chi connectivity index (χ1n) is 5.33. The lowest BCUT2D eigenvalue weighted by atomic mass is 10.1. The fourth-order valence-corrected chi connectivity index (χ4v) is 2.21. The predicted molar refractivity (Wildman–Crippen MR) is 79.4 cm³/mol. The van der Waals surface area contributed by atoms with E-state index in [1.165, 1.54) is 0 Å². The molecule has 1 aromatic rings. The maximum Gasteiger partial charge on any atom is 0.255 e. The van der Waals surface area contributed by atoms with E-state index in [4.69, 9.17) is 41.2 Å². The van der Waals surface area contributed by atoms with Crippen molar-refractivity contribution < 1.29 is 4.79 Å². The molecule has 0 fully saturated rings. The first kappa shape index (κ1) is 15.2. The summed E-state index contributed by atoms with van der Waals surface area (Å²) < 4.78 is 0. The van der Waals surface area contributed by atoms with Crippen LogP contribution in [-0.2, 0) is 0 Å². The number of nitrogens with zero attached hydrogens (tertiary/aromatic N) is 1. The summed E-state index contributed by atoms with van der Waals surface area (Å²) in [5, 5.41) is 0.831. The molecule has 1 aromatic carbocycles. The minimum Gasteiger partial charge on any atom is -0.393 e. The molecule has 1 rings (SSSR count). The van der Waals surface area contributed by atoms with Crippen LogP contribution in [0.4, 0.5) is 0 Å². The lowest BCUT2D eigenvalue weighted by molar-refractivity contribution is 0.0748. The third-order valence-electron chi connectivity index (χ3n) is 2.64. The van der Waals surface area contributed by atoms with Gasteiger partial charge in [-0.05, 0) is 25.1 Å². The van der Waals surface area contributed by atoms with Crippen LogP contribution in [0.2, 0.25) is 10.0 Å². The number of hydrogen-bond acceptors (Lipinski definition) is 2. The Bertz CT molecular complexity index is 479. The molecule has 2 N–H and O–H groups in total. The van der Waals surface area contributed by atoms with E-state index in [1.807, 2.05) is 6.92 Å². The van der Waals surface area contributed by atoms with Crippen LogP contribution in [0.15, 0.2) is 18.2 Å². The summed E-state index contributed by atoms with van der Waals surface area (Å²) in [6, 6.07) is 4.70. The van der Waals surface area contributed by atoms with E-state index < -0.39 is 0 Å². The Morgan fingerprint density at radius 2 is 2.11 bits per heavy atom. The number of halogens is 2. The van der Waals surface area contributed by atoms with E-state index in [1.54, 1.807) is 30.1 Å². The fraction of sp³-hybridized carbons (Fsp3) is 0.333. The number of amides is 1. The van der Waals surface area contributed by atoms with Crippen molar-refractivity contribution in [3.8, 4) is 0 Å².